The van der Waals surface area contributed by atoms with E-state index < -0.39 is 41.2 Å². The van der Waals surface area contributed by atoms with Crippen molar-refractivity contribution >= 4 is 0 Å². The molecule has 0 saturated heterocycles. The molecule has 2 aliphatic carbocycles. The summed E-state index contributed by atoms with van der Waals surface area (Å²) in [6, 6.07) is 0.320. The number of ether oxygens (including phenoxy) is 1. The second kappa shape index (κ2) is 8.11. The van der Waals surface area contributed by atoms with E-state index in [4.69, 9.17) is 0 Å². The minimum absolute atomic E-state index is 0.160. The van der Waals surface area contributed by atoms with Crippen LogP contribution in [0.15, 0.2) is 12.1 Å². The van der Waals surface area contributed by atoms with Gasteiger partial charge in [-0.2, -0.15) is 22.0 Å². The largest absolute Gasteiger partial charge is 0.432 e. The highest BCUT2D eigenvalue weighted by atomic mass is 19.4. The Morgan fingerprint density at radius 2 is 1.21 bits per heavy atom. The molecule has 2 aliphatic rings. The van der Waals surface area contributed by atoms with E-state index >= 15 is 0 Å². The highest BCUT2D eigenvalue weighted by Crippen LogP contribution is 2.45. The zero-order valence-electron chi connectivity index (χ0n) is 15.3. The van der Waals surface area contributed by atoms with Gasteiger partial charge in [0.05, 0.1) is 5.92 Å². The van der Waals surface area contributed by atoms with Crippen LogP contribution in [0.2, 0.25) is 0 Å². The van der Waals surface area contributed by atoms with Crippen molar-refractivity contribution < 1.29 is 35.5 Å². The molecular weight excluding hydrogens is 389 g/mol. The number of hydrogen-bond acceptors (Lipinski definition) is 1. The average Bonchev–Trinajstić information content (AvgIpc) is 2.60. The van der Waals surface area contributed by atoms with Crippen molar-refractivity contribution in [2.75, 3.05) is 0 Å². The smallest absolute Gasteiger partial charge is 0.422 e. The molecule has 0 bridgehead atoms. The standard InChI is InChI=1S/C20H23F7O/c21-16-10-15(11-17(22)18(16)19(23,24)25)28-20(26,27)14-8-6-13(7-9-14)12-4-2-1-3-5-12/h10-14H,1-9H2. The molecule has 0 N–H and O–H groups in total. The molecule has 3 rings (SSSR count). The number of benzene rings is 1. The van der Waals surface area contributed by atoms with Gasteiger partial charge in [-0.1, -0.05) is 32.1 Å². The van der Waals surface area contributed by atoms with Crippen LogP contribution < -0.4 is 4.74 Å². The molecule has 0 unspecified atom stereocenters. The van der Waals surface area contributed by atoms with Crippen LogP contribution in [0.1, 0.15) is 63.4 Å². The van der Waals surface area contributed by atoms with Crippen molar-refractivity contribution in [1.29, 1.82) is 0 Å². The zero-order chi connectivity index (χ0) is 20.5. The highest BCUT2D eigenvalue weighted by molar-refractivity contribution is 5.32. The normalized spacial score (nSPS) is 25.0. The van der Waals surface area contributed by atoms with Crippen molar-refractivity contribution in [2.24, 2.45) is 17.8 Å². The molecule has 0 radical (unpaired) electrons. The van der Waals surface area contributed by atoms with Gasteiger partial charge < -0.3 is 4.74 Å². The van der Waals surface area contributed by atoms with Gasteiger partial charge in [-0.05, 0) is 37.5 Å². The Morgan fingerprint density at radius 3 is 1.71 bits per heavy atom. The summed E-state index contributed by atoms with van der Waals surface area (Å²) >= 11 is 0. The van der Waals surface area contributed by atoms with Gasteiger partial charge in [0, 0.05) is 12.1 Å². The van der Waals surface area contributed by atoms with E-state index in [1.54, 1.807) is 0 Å². The summed E-state index contributed by atoms with van der Waals surface area (Å²) in [5.41, 5.74) is -2.11. The molecule has 0 atom stereocenters. The second-order valence-electron chi connectivity index (χ2n) is 7.93. The first-order chi connectivity index (χ1) is 13.1. The number of rotatable bonds is 4. The molecule has 1 aromatic rings. The molecule has 1 aromatic carbocycles. The van der Waals surface area contributed by atoms with Crippen LogP contribution >= 0.6 is 0 Å². The fourth-order valence-corrected chi connectivity index (χ4v) is 4.65. The molecule has 2 fully saturated rings. The van der Waals surface area contributed by atoms with E-state index in [9.17, 15) is 30.7 Å². The van der Waals surface area contributed by atoms with Crippen LogP contribution in [-0.4, -0.2) is 6.11 Å². The van der Waals surface area contributed by atoms with E-state index in [0.29, 0.717) is 24.7 Å². The Labute approximate surface area is 159 Å². The lowest BCUT2D eigenvalue weighted by molar-refractivity contribution is -0.224. The van der Waals surface area contributed by atoms with Crippen LogP contribution in [0.25, 0.3) is 0 Å². The van der Waals surface area contributed by atoms with Gasteiger partial charge in [0.2, 0.25) is 0 Å². The summed E-state index contributed by atoms with van der Waals surface area (Å²) in [5.74, 6) is -5.03. The fraction of sp³-hybridized carbons (Fsp3) is 0.700. The minimum Gasteiger partial charge on any atom is -0.432 e. The quantitative estimate of drug-likeness (QED) is 0.470. The maximum atomic E-state index is 14.5. The lowest BCUT2D eigenvalue weighted by Crippen LogP contribution is -2.38. The number of alkyl halides is 5. The summed E-state index contributed by atoms with van der Waals surface area (Å²) in [5, 5.41) is 0. The summed E-state index contributed by atoms with van der Waals surface area (Å²) < 4.78 is 98.4. The summed E-state index contributed by atoms with van der Waals surface area (Å²) in [4.78, 5) is 0. The lowest BCUT2D eigenvalue weighted by atomic mass is 9.71. The van der Waals surface area contributed by atoms with Crippen molar-refractivity contribution in [3.05, 3.63) is 29.3 Å². The molecule has 0 amide bonds. The van der Waals surface area contributed by atoms with Crippen LogP contribution in [-0.2, 0) is 6.18 Å². The molecule has 0 aliphatic heterocycles. The molecule has 0 spiro atoms. The zero-order valence-corrected chi connectivity index (χ0v) is 15.3. The van der Waals surface area contributed by atoms with Gasteiger partial charge in [-0.15, -0.1) is 0 Å². The maximum Gasteiger partial charge on any atom is 0.422 e. The second-order valence-corrected chi connectivity index (χ2v) is 7.93. The average molecular weight is 412 g/mol. The minimum atomic E-state index is -5.26. The summed E-state index contributed by atoms with van der Waals surface area (Å²) in [6.45, 7) is 0. The molecule has 1 nitrogen and oxygen atoms in total. The molecule has 0 heterocycles. The Kier molecular flexibility index (Phi) is 6.15. The monoisotopic (exact) mass is 412 g/mol. The lowest BCUT2D eigenvalue weighted by Gasteiger charge is -2.37. The molecule has 8 heteroatoms. The fourth-order valence-electron chi connectivity index (χ4n) is 4.65. The van der Waals surface area contributed by atoms with Crippen molar-refractivity contribution in [1.82, 2.24) is 0 Å². The summed E-state index contributed by atoms with van der Waals surface area (Å²) in [6.07, 6.45) is -1.39. The SMILES string of the molecule is Fc1cc(OC(F)(F)C2CCC(C3CCCCC3)CC2)cc(F)c1C(F)(F)F. The predicted molar refractivity (Wildman–Crippen MR) is 89.0 cm³/mol. The van der Waals surface area contributed by atoms with E-state index in [-0.39, 0.29) is 25.0 Å². The third kappa shape index (κ3) is 4.74. The van der Waals surface area contributed by atoms with Crippen LogP contribution in [0.5, 0.6) is 5.75 Å². The number of halogens is 7. The first-order valence-corrected chi connectivity index (χ1v) is 9.71. The van der Waals surface area contributed by atoms with Crippen molar-refractivity contribution in [2.45, 2.75) is 70.1 Å². The van der Waals surface area contributed by atoms with Crippen molar-refractivity contribution in [3.8, 4) is 5.75 Å². The maximum absolute atomic E-state index is 14.5. The highest BCUT2D eigenvalue weighted by Gasteiger charge is 2.45. The van der Waals surface area contributed by atoms with Crippen molar-refractivity contribution in [3.63, 3.8) is 0 Å². The first-order valence-electron chi connectivity index (χ1n) is 9.71. The molecule has 158 valence electrons. The Morgan fingerprint density at radius 1 is 0.714 bits per heavy atom. The predicted octanol–water partition coefficient (Wildman–Crippen LogP) is 7.34. The molecular formula is C20H23F7O. The Bertz CT molecular complexity index is 649. The van der Waals surface area contributed by atoms with Gasteiger partial charge in [-0.25, -0.2) is 8.78 Å². The van der Waals surface area contributed by atoms with Gasteiger partial charge >= 0.3 is 12.3 Å². The van der Waals surface area contributed by atoms with Gasteiger partial charge in [0.1, 0.15) is 22.9 Å². The van der Waals surface area contributed by atoms with Gasteiger partial charge in [0.15, 0.2) is 0 Å². The first kappa shape index (κ1) is 21.2. The molecule has 28 heavy (non-hydrogen) atoms. The van der Waals surface area contributed by atoms with E-state index in [1.165, 1.54) is 19.3 Å². The van der Waals surface area contributed by atoms with Crippen LogP contribution in [0.4, 0.5) is 30.7 Å². The van der Waals surface area contributed by atoms with Gasteiger partial charge in [0.25, 0.3) is 0 Å². The van der Waals surface area contributed by atoms with E-state index in [1.807, 2.05) is 0 Å². The Hall–Kier alpha value is -1.47. The van der Waals surface area contributed by atoms with E-state index in [2.05, 4.69) is 4.74 Å². The van der Waals surface area contributed by atoms with Crippen LogP contribution in [0, 0.1) is 29.4 Å². The van der Waals surface area contributed by atoms with Crippen LogP contribution in [0.3, 0.4) is 0 Å². The third-order valence-electron chi connectivity index (χ3n) is 6.12. The molecule has 0 aromatic heterocycles. The van der Waals surface area contributed by atoms with E-state index in [0.717, 1.165) is 12.8 Å². The third-order valence-corrected chi connectivity index (χ3v) is 6.12. The van der Waals surface area contributed by atoms with Gasteiger partial charge in [-0.3, -0.25) is 0 Å². The Balaban J connectivity index is 1.64. The summed E-state index contributed by atoms with van der Waals surface area (Å²) in [7, 11) is 0. The number of hydrogen-bond donors (Lipinski definition) is 0. The topological polar surface area (TPSA) is 9.23 Å². The molecule has 2 saturated carbocycles.